The largest absolute Gasteiger partial charge is 0.454 e. The molecule has 1 aliphatic rings. The molecule has 2 aromatic carbocycles. The Kier molecular flexibility index (Phi) is 4.45. The number of hydrogen-bond acceptors (Lipinski definition) is 6. The van der Waals surface area contributed by atoms with Crippen molar-refractivity contribution in [2.45, 2.75) is 13.5 Å². The lowest BCUT2D eigenvalue weighted by atomic mass is 10.2. The normalized spacial score (nSPS) is 12.1. The van der Waals surface area contributed by atoms with E-state index in [1.807, 2.05) is 18.2 Å². The van der Waals surface area contributed by atoms with Crippen molar-refractivity contribution in [1.82, 2.24) is 9.97 Å². The molecular formula is C19H16F2N4O2. The number of hydrogen-bond donors (Lipinski definition) is 2. The van der Waals surface area contributed by atoms with Gasteiger partial charge in [-0.15, -0.1) is 0 Å². The molecule has 1 aliphatic heterocycles. The predicted molar refractivity (Wildman–Crippen MR) is 96.3 cm³/mol. The average molecular weight is 370 g/mol. The second kappa shape index (κ2) is 7.06. The summed E-state index contributed by atoms with van der Waals surface area (Å²) in [6.07, 6.45) is 0. The van der Waals surface area contributed by atoms with Crippen molar-refractivity contribution >= 4 is 17.5 Å². The first kappa shape index (κ1) is 17.0. The zero-order valence-electron chi connectivity index (χ0n) is 14.4. The number of nitrogens with zero attached hydrogens (tertiary/aromatic N) is 2. The van der Waals surface area contributed by atoms with Gasteiger partial charge in [0.25, 0.3) is 0 Å². The van der Waals surface area contributed by atoms with Crippen molar-refractivity contribution in [3.63, 3.8) is 0 Å². The smallest absolute Gasteiger partial charge is 0.231 e. The zero-order chi connectivity index (χ0) is 18.8. The van der Waals surface area contributed by atoms with Crippen LogP contribution in [-0.4, -0.2) is 16.8 Å². The van der Waals surface area contributed by atoms with E-state index in [0.717, 1.165) is 17.4 Å². The van der Waals surface area contributed by atoms with Crippen molar-refractivity contribution in [2.24, 2.45) is 0 Å². The van der Waals surface area contributed by atoms with Crippen molar-refractivity contribution in [3.05, 3.63) is 65.4 Å². The Balaban J connectivity index is 1.48. The number of rotatable bonds is 5. The highest BCUT2D eigenvalue weighted by Gasteiger charge is 2.13. The van der Waals surface area contributed by atoms with Gasteiger partial charge in [0, 0.05) is 24.4 Å². The molecule has 2 heterocycles. The fourth-order valence-electron chi connectivity index (χ4n) is 2.67. The summed E-state index contributed by atoms with van der Waals surface area (Å²) in [6, 6.07) is 10.7. The SMILES string of the molecule is Cc1cc(NCc2ccc3c(c2)OCO3)nc(Nc2ccc(F)cc2F)n1. The third kappa shape index (κ3) is 3.89. The van der Waals surface area contributed by atoms with E-state index in [4.69, 9.17) is 9.47 Å². The summed E-state index contributed by atoms with van der Waals surface area (Å²) in [4.78, 5) is 8.57. The van der Waals surface area contributed by atoms with Gasteiger partial charge in [-0.25, -0.2) is 13.8 Å². The molecule has 0 unspecified atom stereocenters. The van der Waals surface area contributed by atoms with Crippen LogP contribution in [0.1, 0.15) is 11.3 Å². The molecule has 138 valence electrons. The van der Waals surface area contributed by atoms with E-state index in [1.54, 1.807) is 13.0 Å². The molecule has 0 atom stereocenters. The Morgan fingerprint density at radius 1 is 1.00 bits per heavy atom. The topological polar surface area (TPSA) is 68.3 Å². The molecular weight excluding hydrogens is 354 g/mol. The molecule has 0 saturated heterocycles. The number of halogens is 2. The number of anilines is 3. The van der Waals surface area contributed by atoms with Gasteiger partial charge < -0.3 is 20.1 Å². The molecule has 8 heteroatoms. The van der Waals surface area contributed by atoms with E-state index in [1.165, 1.54) is 12.1 Å². The summed E-state index contributed by atoms with van der Waals surface area (Å²) < 4.78 is 37.5. The second-order valence-electron chi connectivity index (χ2n) is 6.01. The van der Waals surface area contributed by atoms with Gasteiger partial charge in [-0.2, -0.15) is 4.98 Å². The van der Waals surface area contributed by atoms with Crippen LogP contribution >= 0.6 is 0 Å². The van der Waals surface area contributed by atoms with Gasteiger partial charge in [0.2, 0.25) is 12.7 Å². The molecule has 0 amide bonds. The summed E-state index contributed by atoms with van der Waals surface area (Å²) in [5.74, 6) is 0.870. The van der Waals surface area contributed by atoms with E-state index in [-0.39, 0.29) is 18.4 Å². The second-order valence-corrected chi connectivity index (χ2v) is 6.01. The van der Waals surface area contributed by atoms with Crippen LogP contribution in [0.5, 0.6) is 11.5 Å². The highest BCUT2D eigenvalue weighted by Crippen LogP contribution is 2.32. The van der Waals surface area contributed by atoms with Crippen molar-refractivity contribution in [1.29, 1.82) is 0 Å². The fraction of sp³-hybridized carbons (Fsp3) is 0.158. The molecule has 0 bridgehead atoms. The molecule has 0 fully saturated rings. The third-order valence-corrected chi connectivity index (χ3v) is 3.94. The summed E-state index contributed by atoms with van der Waals surface area (Å²) in [7, 11) is 0. The maximum absolute atomic E-state index is 13.8. The highest BCUT2D eigenvalue weighted by molar-refractivity contribution is 5.56. The number of aryl methyl sites for hydroxylation is 1. The molecule has 2 N–H and O–H groups in total. The molecule has 0 saturated carbocycles. The van der Waals surface area contributed by atoms with Crippen molar-refractivity contribution < 1.29 is 18.3 Å². The molecule has 4 rings (SSSR count). The molecule has 1 aromatic heterocycles. The van der Waals surface area contributed by atoms with E-state index in [0.29, 0.717) is 23.8 Å². The fourth-order valence-corrected chi connectivity index (χ4v) is 2.67. The zero-order valence-corrected chi connectivity index (χ0v) is 14.4. The van der Waals surface area contributed by atoms with Crippen molar-refractivity contribution in [2.75, 3.05) is 17.4 Å². The Morgan fingerprint density at radius 2 is 1.85 bits per heavy atom. The Morgan fingerprint density at radius 3 is 2.70 bits per heavy atom. The van der Waals surface area contributed by atoms with Gasteiger partial charge in [0.05, 0.1) is 5.69 Å². The maximum atomic E-state index is 13.8. The molecule has 6 nitrogen and oxygen atoms in total. The van der Waals surface area contributed by atoms with E-state index < -0.39 is 11.6 Å². The lowest BCUT2D eigenvalue weighted by Crippen LogP contribution is -2.06. The van der Waals surface area contributed by atoms with Crippen LogP contribution in [-0.2, 0) is 6.54 Å². The first-order chi connectivity index (χ1) is 13.1. The molecule has 0 radical (unpaired) electrons. The Labute approximate surface area is 154 Å². The van der Waals surface area contributed by atoms with Crippen LogP contribution in [0.4, 0.5) is 26.2 Å². The molecule has 0 spiro atoms. The van der Waals surface area contributed by atoms with Gasteiger partial charge in [0.15, 0.2) is 11.5 Å². The summed E-state index contributed by atoms with van der Waals surface area (Å²) >= 11 is 0. The minimum Gasteiger partial charge on any atom is -0.454 e. The monoisotopic (exact) mass is 370 g/mol. The van der Waals surface area contributed by atoms with Crippen LogP contribution < -0.4 is 20.1 Å². The molecule has 0 aliphatic carbocycles. The predicted octanol–water partition coefficient (Wildman–Crippen LogP) is 4.15. The van der Waals surface area contributed by atoms with Gasteiger partial charge >= 0.3 is 0 Å². The first-order valence-corrected chi connectivity index (χ1v) is 8.27. The van der Waals surface area contributed by atoms with Crippen LogP contribution in [0.25, 0.3) is 0 Å². The van der Waals surface area contributed by atoms with Crippen LogP contribution in [0.3, 0.4) is 0 Å². The number of fused-ring (bicyclic) bond motifs is 1. The summed E-state index contributed by atoms with van der Waals surface area (Å²) in [5, 5.41) is 5.97. The minimum atomic E-state index is -0.713. The number of aromatic nitrogens is 2. The first-order valence-electron chi connectivity index (χ1n) is 8.27. The minimum absolute atomic E-state index is 0.101. The van der Waals surface area contributed by atoms with Crippen LogP contribution in [0, 0.1) is 18.6 Å². The molecule has 3 aromatic rings. The van der Waals surface area contributed by atoms with Crippen LogP contribution in [0.2, 0.25) is 0 Å². The standard InChI is InChI=1S/C19H16F2N4O2/c1-11-6-18(22-9-12-2-5-16-17(7-12)27-10-26-16)25-19(23-11)24-15-4-3-13(20)8-14(15)21/h2-8H,9-10H2,1H3,(H2,22,23,24,25). The average Bonchev–Trinajstić information content (AvgIpc) is 3.10. The lowest BCUT2D eigenvalue weighted by Gasteiger charge is -2.11. The van der Waals surface area contributed by atoms with Gasteiger partial charge in [-0.3, -0.25) is 0 Å². The summed E-state index contributed by atoms with van der Waals surface area (Å²) in [6.45, 7) is 2.55. The number of benzene rings is 2. The number of ether oxygens (including phenoxy) is 2. The number of nitrogens with one attached hydrogen (secondary N) is 2. The quantitative estimate of drug-likeness (QED) is 0.703. The third-order valence-electron chi connectivity index (χ3n) is 3.94. The Hall–Kier alpha value is -3.42. The van der Waals surface area contributed by atoms with E-state index >= 15 is 0 Å². The maximum Gasteiger partial charge on any atom is 0.231 e. The van der Waals surface area contributed by atoms with Crippen LogP contribution in [0.15, 0.2) is 42.5 Å². The molecule has 27 heavy (non-hydrogen) atoms. The lowest BCUT2D eigenvalue weighted by molar-refractivity contribution is 0.174. The van der Waals surface area contributed by atoms with Gasteiger partial charge in [-0.05, 0) is 36.8 Å². The van der Waals surface area contributed by atoms with Gasteiger partial charge in [0.1, 0.15) is 17.5 Å². The van der Waals surface area contributed by atoms with Gasteiger partial charge in [-0.1, -0.05) is 6.07 Å². The van der Waals surface area contributed by atoms with E-state index in [2.05, 4.69) is 20.6 Å². The Bertz CT molecular complexity index is 997. The van der Waals surface area contributed by atoms with Crippen molar-refractivity contribution in [3.8, 4) is 11.5 Å². The summed E-state index contributed by atoms with van der Waals surface area (Å²) in [5.41, 5.74) is 1.79. The highest BCUT2D eigenvalue weighted by atomic mass is 19.1. The van der Waals surface area contributed by atoms with E-state index in [9.17, 15) is 8.78 Å².